The van der Waals surface area contributed by atoms with E-state index in [-0.39, 0.29) is 0 Å². The average Bonchev–Trinajstić information content (AvgIpc) is 2.91. The van der Waals surface area contributed by atoms with Gasteiger partial charge in [-0.1, -0.05) is 127 Å². The van der Waals surface area contributed by atoms with Gasteiger partial charge in [0, 0.05) is 0 Å². The molecule has 0 heteroatoms. The molecule has 0 aliphatic carbocycles. The number of fused-ring (bicyclic) bond motifs is 2. The van der Waals surface area contributed by atoms with Crippen LogP contribution in [0, 0.1) is 0 Å². The van der Waals surface area contributed by atoms with Gasteiger partial charge in [0.1, 0.15) is 0 Å². The van der Waals surface area contributed by atoms with Crippen LogP contribution < -0.4 is 0 Å². The molecule has 0 aliphatic heterocycles. The second-order valence-corrected chi connectivity index (χ2v) is 8.64. The van der Waals surface area contributed by atoms with Crippen LogP contribution in [0.25, 0.3) is 44.3 Å². The standard InChI is InChI=1S/C34H24/c1-3-10-26(11-4-1)33(27-12-5-2-6-13-27)22-25-18-20-28(21-19-25)32-17-9-16-31-23-29-14-7-8-15-30(29)24-34(31)32/h1-24H. The lowest BCUT2D eigenvalue weighted by molar-refractivity contribution is 1.55. The van der Waals surface area contributed by atoms with Crippen LogP contribution in [0.5, 0.6) is 0 Å². The van der Waals surface area contributed by atoms with Crippen LogP contribution >= 0.6 is 0 Å². The molecule has 0 amide bonds. The molecule has 0 unspecified atom stereocenters. The Hall–Kier alpha value is -4.42. The van der Waals surface area contributed by atoms with E-state index in [1.807, 2.05) is 0 Å². The van der Waals surface area contributed by atoms with Crippen LogP contribution in [0.4, 0.5) is 0 Å². The third kappa shape index (κ3) is 3.91. The van der Waals surface area contributed by atoms with E-state index in [4.69, 9.17) is 0 Å². The maximum Gasteiger partial charge on any atom is -0.00990 e. The molecule has 160 valence electrons. The summed E-state index contributed by atoms with van der Waals surface area (Å²) in [6.45, 7) is 0. The second-order valence-electron chi connectivity index (χ2n) is 8.64. The van der Waals surface area contributed by atoms with Gasteiger partial charge in [-0.15, -0.1) is 0 Å². The van der Waals surface area contributed by atoms with E-state index < -0.39 is 0 Å². The summed E-state index contributed by atoms with van der Waals surface area (Å²) in [7, 11) is 0. The smallest absolute Gasteiger partial charge is 0.00990 e. The summed E-state index contributed by atoms with van der Waals surface area (Å²) >= 11 is 0. The molecule has 0 fully saturated rings. The first-order valence-electron chi connectivity index (χ1n) is 11.7. The van der Waals surface area contributed by atoms with Crippen LogP contribution in [-0.2, 0) is 0 Å². The highest BCUT2D eigenvalue weighted by molar-refractivity contribution is 6.05. The van der Waals surface area contributed by atoms with Crippen molar-refractivity contribution >= 4 is 33.2 Å². The van der Waals surface area contributed by atoms with Gasteiger partial charge in [-0.2, -0.15) is 0 Å². The molecule has 0 aromatic heterocycles. The SMILES string of the molecule is C(=C(c1ccccc1)c1ccccc1)c1ccc(-c2cccc3cc4ccccc4cc23)cc1. The predicted octanol–water partition coefficient (Wildman–Crippen LogP) is 9.25. The Morgan fingerprint density at radius 2 is 1.00 bits per heavy atom. The summed E-state index contributed by atoms with van der Waals surface area (Å²) < 4.78 is 0. The molecule has 0 spiro atoms. The molecule has 34 heavy (non-hydrogen) atoms. The lowest BCUT2D eigenvalue weighted by Gasteiger charge is -2.11. The molecule has 0 radical (unpaired) electrons. The Balaban J connectivity index is 1.43. The Kier molecular flexibility index (Phi) is 5.26. The van der Waals surface area contributed by atoms with Gasteiger partial charge in [0.05, 0.1) is 0 Å². The normalized spacial score (nSPS) is 10.9. The van der Waals surface area contributed by atoms with E-state index in [2.05, 4.69) is 146 Å². The van der Waals surface area contributed by atoms with E-state index in [0.29, 0.717) is 0 Å². The molecule has 6 aromatic rings. The molecule has 6 aromatic carbocycles. The van der Waals surface area contributed by atoms with Crippen molar-refractivity contribution in [3.05, 3.63) is 156 Å². The largest absolute Gasteiger partial charge is 0.0622 e. The van der Waals surface area contributed by atoms with E-state index in [1.54, 1.807) is 0 Å². The summed E-state index contributed by atoms with van der Waals surface area (Å²) in [5, 5.41) is 5.12. The van der Waals surface area contributed by atoms with E-state index in [1.165, 1.54) is 54.9 Å². The van der Waals surface area contributed by atoms with Gasteiger partial charge < -0.3 is 0 Å². The maximum atomic E-state index is 2.32. The fourth-order valence-corrected chi connectivity index (χ4v) is 4.71. The van der Waals surface area contributed by atoms with Crippen LogP contribution in [0.3, 0.4) is 0 Å². The molecular formula is C34H24. The van der Waals surface area contributed by atoms with E-state index in [0.717, 1.165) is 0 Å². The van der Waals surface area contributed by atoms with E-state index in [9.17, 15) is 0 Å². The lowest BCUT2D eigenvalue weighted by Crippen LogP contribution is -1.88. The Labute approximate surface area is 200 Å². The van der Waals surface area contributed by atoms with E-state index >= 15 is 0 Å². The summed E-state index contributed by atoms with van der Waals surface area (Å²) in [6, 6.07) is 49.9. The highest BCUT2D eigenvalue weighted by Crippen LogP contribution is 2.33. The molecule has 0 saturated heterocycles. The van der Waals surface area contributed by atoms with Crippen molar-refractivity contribution in [3.8, 4) is 11.1 Å². The molecule has 0 heterocycles. The third-order valence-electron chi connectivity index (χ3n) is 6.45. The number of benzene rings is 6. The molecule has 0 nitrogen and oxygen atoms in total. The van der Waals surface area contributed by atoms with Gasteiger partial charge >= 0.3 is 0 Å². The van der Waals surface area contributed by atoms with Gasteiger partial charge in [0.25, 0.3) is 0 Å². The second kappa shape index (κ2) is 8.84. The highest BCUT2D eigenvalue weighted by Gasteiger charge is 2.07. The van der Waals surface area contributed by atoms with Crippen molar-refractivity contribution in [1.29, 1.82) is 0 Å². The van der Waals surface area contributed by atoms with Gasteiger partial charge in [-0.05, 0) is 73.1 Å². The minimum absolute atomic E-state index is 1.19. The average molecular weight is 433 g/mol. The van der Waals surface area contributed by atoms with Crippen LogP contribution in [-0.4, -0.2) is 0 Å². The predicted molar refractivity (Wildman–Crippen MR) is 147 cm³/mol. The monoisotopic (exact) mass is 432 g/mol. The summed E-state index contributed by atoms with van der Waals surface area (Å²) in [4.78, 5) is 0. The first-order chi connectivity index (χ1) is 16.8. The number of rotatable bonds is 4. The topological polar surface area (TPSA) is 0 Å². The summed E-state index contributed by atoms with van der Waals surface area (Å²) in [6.07, 6.45) is 2.28. The van der Waals surface area contributed by atoms with Gasteiger partial charge in [0.2, 0.25) is 0 Å². The molecule has 0 N–H and O–H groups in total. The van der Waals surface area contributed by atoms with Gasteiger partial charge in [0.15, 0.2) is 0 Å². The zero-order chi connectivity index (χ0) is 22.7. The summed E-state index contributed by atoms with van der Waals surface area (Å²) in [5.41, 5.74) is 7.37. The molecule has 0 aliphatic rings. The zero-order valence-electron chi connectivity index (χ0n) is 18.9. The number of hydrogen-bond donors (Lipinski definition) is 0. The fraction of sp³-hybridized carbons (Fsp3) is 0. The van der Waals surface area contributed by atoms with Crippen molar-refractivity contribution in [1.82, 2.24) is 0 Å². The fourth-order valence-electron chi connectivity index (χ4n) is 4.71. The van der Waals surface area contributed by atoms with Crippen LogP contribution in [0.2, 0.25) is 0 Å². The molecule has 0 atom stereocenters. The summed E-state index contributed by atoms with van der Waals surface area (Å²) in [5.74, 6) is 0. The third-order valence-corrected chi connectivity index (χ3v) is 6.45. The first kappa shape index (κ1) is 20.2. The van der Waals surface area contributed by atoms with Crippen molar-refractivity contribution < 1.29 is 0 Å². The van der Waals surface area contributed by atoms with Crippen molar-refractivity contribution in [2.45, 2.75) is 0 Å². The minimum Gasteiger partial charge on any atom is -0.0622 e. The lowest BCUT2D eigenvalue weighted by atomic mass is 9.93. The Morgan fingerprint density at radius 3 is 1.65 bits per heavy atom. The molecule has 6 rings (SSSR count). The molecule has 0 bridgehead atoms. The van der Waals surface area contributed by atoms with Crippen LogP contribution in [0.1, 0.15) is 16.7 Å². The minimum atomic E-state index is 1.19. The quantitative estimate of drug-likeness (QED) is 0.192. The Bertz CT molecular complexity index is 1560. The number of hydrogen-bond acceptors (Lipinski definition) is 0. The van der Waals surface area contributed by atoms with Crippen molar-refractivity contribution in [2.75, 3.05) is 0 Å². The van der Waals surface area contributed by atoms with Crippen LogP contribution in [0.15, 0.2) is 140 Å². The first-order valence-corrected chi connectivity index (χ1v) is 11.7. The van der Waals surface area contributed by atoms with Gasteiger partial charge in [-0.25, -0.2) is 0 Å². The molecule has 0 saturated carbocycles. The Morgan fingerprint density at radius 1 is 0.441 bits per heavy atom. The maximum absolute atomic E-state index is 2.32. The van der Waals surface area contributed by atoms with Gasteiger partial charge in [-0.3, -0.25) is 0 Å². The van der Waals surface area contributed by atoms with Crippen molar-refractivity contribution in [3.63, 3.8) is 0 Å². The molecular weight excluding hydrogens is 408 g/mol. The van der Waals surface area contributed by atoms with Crippen molar-refractivity contribution in [2.24, 2.45) is 0 Å². The zero-order valence-corrected chi connectivity index (χ0v) is 18.9. The highest BCUT2D eigenvalue weighted by atomic mass is 14.1.